The Hall–Kier alpha value is -1.00. The van der Waals surface area contributed by atoms with Gasteiger partial charge < -0.3 is 9.52 Å². The summed E-state index contributed by atoms with van der Waals surface area (Å²) in [6.07, 6.45) is 0. The summed E-state index contributed by atoms with van der Waals surface area (Å²) in [4.78, 5) is 11.2. The summed E-state index contributed by atoms with van der Waals surface area (Å²) >= 11 is 8.72. The van der Waals surface area contributed by atoms with Crippen LogP contribution in [0.3, 0.4) is 0 Å². The highest BCUT2D eigenvalue weighted by atomic mass is 79.9. The third-order valence-electron chi connectivity index (χ3n) is 1.80. The van der Waals surface area contributed by atoms with Crippen molar-refractivity contribution in [1.29, 1.82) is 0 Å². The molecule has 0 bridgehead atoms. The Bertz CT molecular complexity index is 562. The van der Waals surface area contributed by atoms with Crippen molar-refractivity contribution in [1.82, 2.24) is 0 Å². The number of hydrogen-bond acceptors (Lipinski definition) is 3. The zero-order valence-corrected chi connectivity index (χ0v) is 9.09. The second kappa shape index (κ2) is 3.29. The standard InChI is InChI=1S/C9H4BrClO3/c10-6-7(12)4-2-1-3-5(11)8(4)14-9(6)13/h1-3,12H. The minimum atomic E-state index is -0.650. The quantitative estimate of drug-likeness (QED) is 0.752. The summed E-state index contributed by atoms with van der Waals surface area (Å²) in [5.41, 5.74) is -0.456. The van der Waals surface area contributed by atoms with E-state index in [1.165, 1.54) is 0 Å². The molecule has 3 nitrogen and oxygen atoms in total. The Morgan fingerprint density at radius 3 is 2.86 bits per heavy atom. The van der Waals surface area contributed by atoms with Gasteiger partial charge in [0.15, 0.2) is 5.58 Å². The van der Waals surface area contributed by atoms with Gasteiger partial charge in [-0.15, -0.1) is 0 Å². The normalized spacial score (nSPS) is 10.7. The first-order chi connectivity index (χ1) is 6.61. The highest BCUT2D eigenvalue weighted by Gasteiger charge is 2.12. The van der Waals surface area contributed by atoms with Gasteiger partial charge in [-0.3, -0.25) is 0 Å². The number of halogens is 2. The van der Waals surface area contributed by atoms with Crippen LogP contribution >= 0.6 is 27.5 Å². The van der Waals surface area contributed by atoms with E-state index in [-0.39, 0.29) is 15.8 Å². The highest BCUT2D eigenvalue weighted by molar-refractivity contribution is 9.10. The molecule has 1 aromatic heterocycles. The Kier molecular flexibility index (Phi) is 2.25. The summed E-state index contributed by atoms with van der Waals surface area (Å²) in [5.74, 6) is -0.154. The van der Waals surface area contributed by atoms with Crippen molar-refractivity contribution in [3.8, 4) is 5.75 Å². The third kappa shape index (κ3) is 1.31. The number of benzene rings is 1. The summed E-state index contributed by atoms with van der Waals surface area (Å²) in [6, 6.07) is 4.86. The van der Waals surface area contributed by atoms with Gasteiger partial charge in [0.25, 0.3) is 0 Å². The van der Waals surface area contributed by atoms with Gasteiger partial charge in [-0.25, -0.2) is 4.79 Å². The molecule has 0 aliphatic rings. The second-order valence-electron chi connectivity index (χ2n) is 2.67. The predicted molar refractivity (Wildman–Crippen MR) is 56.9 cm³/mol. The van der Waals surface area contributed by atoms with Crippen LogP contribution in [0, 0.1) is 0 Å². The summed E-state index contributed by atoms with van der Waals surface area (Å²) < 4.78 is 4.92. The number of aromatic hydroxyl groups is 1. The maximum atomic E-state index is 11.2. The minimum Gasteiger partial charge on any atom is -0.506 e. The molecule has 0 aliphatic heterocycles. The van der Waals surface area contributed by atoms with Gasteiger partial charge in [-0.1, -0.05) is 17.7 Å². The van der Waals surface area contributed by atoms with Crippen LogP contribution in [0.25, 0.3) is 11.0 Å². The average Bonchev–Trinajstić information content (AvgIpc) is 2.17. The van der Waals surface area contributed by atoms with Crippen molar-refractivity contribution in [3.05, 3.63) is 38.1 Å². The fourth-order valence-electron chi connectivity index (χ4n) is 1.15. The van der Waals surface area contributed by atoms with Crippen molar-refractivity contribution < 1.29 is 9.52 Å². The molecule has 0 fully saturated rings. The molecule has 0 atom stereocenters. The lowest BCUT2D eigenvalue weighted by Crippen LogP contribution is -1.99. The minimum absolute atomic E-state index is 0.00673. The van der Waals surface area contributed by atoms with Crippen LogP contribution in [0.2, 0.25) is 5.02 Å². The van der Waals surface area contributed by atoms with Crippen LogP contribution in [0.4, 0.5) is 0 Å². The van der Waals surface area contributed by atoms with E-state index in [1.54, 1.807) is 18.2 Å². The molecule has 72 valence electrons. The third-order valence-corrected chi connectivity index (χ3v) is 2.80. The lowest BCUT2D eigenvalue weighted by atomic mass is 10.2. The molecule has 1 heterocycles. The molecule has 0 amide bonds. The molecule has 14 heavy (non-hydrogen) atoms. The Labute approximate surface area is 92.0 Å². The molecule has 0 saturated heterocycles. The maximum Gasteiger partial charge on any atom is 0.354 e. The van der Waals surface area contributed by atoms with E-state index >= 15 is 0 Å². The number of fused-ring (bicyclic) bond motifs is 1. The lowest BCUT2D eigenvalue weighted by molar-refractivity contribution is 0.462. The topological polar surface area (TPSA) is 50.4 Å². The zero-order valence-electron chi connectivity index (χ0n) is 6.75. The van der Waals surface area contributed by atoms with E-state index in [1.807, 2.05) is 0 Å². The Morgan fingerprint density at radius 1 is 1.43 bits per heavy atom. The smallest absolute Gasteiger partial charge is 0.354 e. The van der Waals surface area contributed by atoms with Gasteiger partial charge in [0.1, 0.15) is 10.2 Å². The molecule has 0 unspecified atom stereocenters. The molecular weight excluding hydrogens is 271 g/mol. The van der Waals surface area contributed by atoms with Crippen molar-refractivity contribution in [3.63, 3.8) is 0 Å². The number of rotatable bonds is 0. The number of para-hydroxylation sites is 1. The van der Waals surface area contributed by atoms with E-state index in [0.717, 1.165) is 0 Å². The summed E-state index contributed by atoms with van der Waals surface area (Å²) in [5, 5.41) is 10.3. The molecule has 0 aliphatic carbocycles. The fourth-order valence-corrected chi connectivity index (χ4v) is 1.66. The van der Waals surface area contributed by atoms with Crippen molar-refractivity contribution in [2.24, 2.45) is 0 Å². The molecule has 2 aromatic rings. The van der Waals surface area contributed by atoms with Crippen molar-refractivity contribution in [2.45, 2.75) is 0 Å². The van der Waals surface area contributed by atoms with Crippen LogP contribution in [0.15, 0.2) is 31.9 Å². The maximum absolute atomic E-state index is 11.2. The molecule has 2 rings (SSSR count). The first kappa shape index (κ1) is 9.55. The van der Waals surface area contributed by atoms with E-state index in [0.29, 0.717) is 10.4 Å². The molecule has 1 N–H and O–H groups in total. The molecule has 0 saturated carbocycles. The molecule has 1 aromatic carbocycles. The van der Waals surface area contributed by atoms with E-state index in [2.05, 4.69) is 15.9 Å². The first-order valence-electron chi connectivity index (χ1n) is 3.71. The SMILES string of the molecule is O=c1oc2c(Cl)cccc2c(O)c1Br. The summed E-state index contributed by atoms with van der Waals surface area (Å²) in [6.45, 7) is 0. The van der Waals surface area contributed by atoms with Crippen molar-refractivity contribution in [2.75, 3.05) is 0 Å². The van der Waals surface area contributed by atoms with Crippen LogP contribution < -0.4 is 5.63 Å². The predicted octanol–water partition coefficient (Wildman–Crippen LogP) is 2.91. The Balaban J connectivity index is 3.06. The Morgan fingerprint density at radius 2 is 2.14 bits per heavy atom. The van der Waals surface area contributed by atoms with Crippen LogP contribution in [0.1, 0.15) is 0 Å². The fraction of sp³-hybridized carbons (Fsp3) is 0. The van der Waals surface area contributed by atoms with Gasteiger partial charge in [-0.05, 0) is 28.1 Å². The monoisotopic (exact) mass is 274 g/mol. The number of hydrogen-bond donors (Lipinski definition) is 1. The first-order valence-corrected chi connectivity index (χ1v) is 4.88. The van der Waals surface area contributed by atoms with Gasteiger partial charge in [0, 0.05) is 0 Å². The zero-order chi connectivity index (χ0) is 10.3. The second-order valence-corrected chi connectivity index (χ2v) is 3.87. The van der Waals surface area contributed by atoms with Gasteiger partial charge in [-0.2, -0.15) is 0 Å². The van der Waals surface area contributed by atoms with Gasteiger partial charge in [0.05, 0.1) is 10.4 Å². The van der Waals surface area contributed by atoms with Crippen molar-refractivity contribution >= 4 is 38.5 Å². The van der Waals surface area contributed by atoms with Crippen LogP contribution in [0.5, 0.6) is 5.75 Å². The average molecular weight is 275 g/mol. The molecule has 0 spiro atoms. The molecule has 5 heteroatoms. The van der Waals surface area contributed by atoms with E-state index in [4.69, 9.17) is 16.0 Å². The molecule has 0 radical (unpaired) electrons. The van der Waals surface area contributed by atoms with E-state index < -0.39 is 5.63 Å². The van der Waals surface area contributed by atoms with E-state index in [9.17, 15) is 9.90 Å². The largest absolute Gasteiger partial charge is 0.506 e. The highest BCUT2D eigenvalue weighted by Crippen LogP contribution is 2.32. The lowest BCUT2D eigenvalue weighted by Gasteiger charge is -2.01. The molecular formula is C9H4BrClO3. The van der Waals surface area contributed by atoms with Gasteiger partial charge >= 0.3 is 5.63 Å². The summed E-state index contributed by atoms with van der Waals surface area (Å²) in [7, 11) is 0. The van der Waals surface area contributed by atoms with Crippen LogP contribution in [-0.2, 0) is 0 Å². The van der Waals surface area contributed by atoms with Gasteiger partial charge in [0.2, 0.25) is 0 Å². The van der Waals surface area contributed by atoms with Crippen LogP contribution in [-0.4, -0.2) is 5.11 Å².